The second-order valence-electron chi connectivity index (χ2n) is 5.47. The highest BCUT2D eigenvalue weighted by atomic mass is 16.1. The molecule has 112 valence electrons. The third-order valence-electron chi connectivity index (χ3n) is 3.80. The Kier molecular flexibility index (Phi) is 4.49. The fraction of sp³-hybridized carbons (Fsp3) is 0.0455. The molecule has 0 saturated heterocycles. The van der Waals surface area contributed by atoms with E-state index in [1.165, 1.54) is 0 Å². The van der Waals surface area contributed by atoms with Crippen molar-refractivity contribution in [1.29, 1.82) is 0 Å². The van der Waals surface area contributed by atoms with E-state index < -0.39 is 0 Å². The second-order valence-corrected chi connectivity index (χ2v) is 5.47. The molecule has 3 aromatic rings. The molecular weight excluding hydrogens is 280 g/mol. The Morgan fingerprint density at radius 1 is 0.652 bits per heavy atom. The smallest absolute Gasteiger partial charge is 0.159 e. The Hall–Kier alpha value is -2.93. The maximum Gasteiger partial charge on any atom is 0.159 e. The maximum absolute atomic E-state index is 11.5. The first-order valence-corrected chi connectivity index (χ1v) is 7.67. The van der Waals surface area contributed by atoms with E-state index >= 15 is 0 Å². The highest BCUT2D eigenvalue weighted by Gasteiger charge is 2.06. The molecule has 0 aromatic heterocycles. The van der Waals surface area contributed by atoms with Gasteiger partial charge in [-0.1, -0.05) is 84.9 Å². The molecule has 0 aliphatic carbocycles. The van der Waals surface area contributed by atoms with Crippen molar-refractivity contribution in [2.24, 2.45) is 0 Å². The molecule has 0 fully saturated rings. The molecule has 3 rings (SSSR count). The van der Waals surface area contributed by atoms with Gasteiger partial charge in [-0.05, 0) is 35.3 Å². The first-order chi connectivity index (χ1) is 11.2. The maximum atomic E-state index is 11.5. The summed E-state index contributed by atoms with van der Waals surface area (Å²) in [7, 11) is 0. The lowest BCUT2D eigenvalue weighted by molar-refractivity contribution is 0.101. The highest BCUT2D eigenvalue weighted by molar-refractivity contribution is 5.96. The molecule has 0 atom stereocenters. The first kappa shape index (κ1) is 15.0. The molecule has 3 aromatic carbocycles. The van der Waals surface area contributed by atoms with Crippen LogP contribution in [0.3, 0.4) is 0 Å². The van der Waals surface area contributed by atoms with Gasteiger partial charge >= 0.3 is 0 Å². The molecule has 0 unspecified atom stereocenters. The Morgan fingerprint density at radius 3 is 1.70 bits per heavy atom. The largest absolute Gasteiger partial charge is 0.295 e. The SMILES string of the molecule is CC(=O)c1ccc(/C(=C/c2ccccc2)c2ccccc2)cc1. The van der Waals surface area contributed by atoms with Crippen molar-refractivity contribution < 1.29 is 4.79 Å². The summed E-state index contributed by atoms with van der Waals surface area (Å²) in [5, 5.41) is 0. The fourth-order valence-electron chi connectivity index (χ4n) is 2.55. The Labute approximate surface area is 136 Å². The average molecular weight is 298 g/mol. The number of benzene rings is 3. The summed E-state index contributed by atoms with van der Waals surface area (Å²) >= 11 is 0. The van der Waals surface area contributed by atoms with Gasteiger partial charge in [0.25, 0.3) is 0 Å². The van der Waals surface area contributed by atoms with Crippen molar-refractivity contribution in [2.75, 3.05) is 0 Å². The van der Waals surface area contributed by atoms with Crippen LogP contribution in [0, 0.1) is 0 Å². The van der Waals surface area contributed by atoms with Crippen molar-refractivity contribution in [3.8, 4) is 0 Å². The molecule has 0 amide bonds. The number of ketones is 1. The molecule has 23 heavy (non-hydrogen) atoms. The van der Waals surface area contributed by atoms with Crippen LogP contribution in [0.5, 0.6) is 0 Å². The van der Waals surface area contributed by atoms with Crippen LogP contribution < -0.4 is 0 Å². The highest BCUT2D eigenvalue weighted by Crippen LogP contribution is 2.26. The van der Waals surface area contributed by atoms with Gasteiger partial charge in [-0.25, -0.2) is 0 Å². The molecule has 0 bridgehead atoms. The van der Waals surface area contributed by atoms with Gasteiger partial charge < -0.3 is 0 Å². The van der Waals surface area contributed by atoms with Crippen molar-refractivity contribution in [3.05, 3.63) is 107 Å². The van der Waals surface area contributed by atoms with Crippen LogP contribution in [0.15, 0.2) is 84.9 Å². The van der Waals surface area contributed by atoms with Gasteiger partial charge in [0, 0.05) is 5.56 Å². The third kappa shape index (κ3) is 3.64. The predicted molar refractivity (Wildman–Crippen MR) is 96.3 cm³/mol. The number of hydrogen-bond donors (Lipinski definition) is 0. The second kappa shape index (κ2) is 6.89. The lowest BCUT2D eigenvalue weighted by atomic mass is 9.94. The van der Waals surface area contributed by atoms with E-state index in [9.17, 15) is 4.79 Å². The number of hydrogen-bond acceptors (Lipinski definition) is 1. The number of carbonyl (C=O) groups excluding carboxylic acids is 1. The van der Waals surface area contributed by atoms with E-state index in [1.54, 1.807) is 6.92 Å². The van der Waals surface area contributed by atoms with E-state index in [0.29, 0.717) is 0 Å². The molecule has 0 saturated carbocycles. The zero-order chi connectivity index (χ0) is 16.1. The van der Waals surface area contributed by atoms with E-state index in [4.69, 9.17) is 0 Å². The molecule has 0 N–H and O–H groups in total. The van der Waals surface area contributed by atoms with Gasteiger partial charge in [-0.3, -0.25) is 4.79 Å². The lowest BCUT2D eigenvalue weighted by Crippen LogP contribution is -1.93. The third-order valence-corrected chi connectivity index (χ3v) is 3.80. The molecule has 0 aliphatic rings. The Bertz CT molecular complexity index is 813. The van der Waals surface area contributed by atoms with Crippen molar-refractivity contribution >= 4 is 17.4 Å². The molecule has 0 spiro atoms. The predicted octanol–water partition coefficient (Wildman–Crippen LogP) is 5.48. The molecule has 1 heteroatoms. The van der Waals surface area contributed by atoms with Gasteiger partial charge in [-0.15, -0.1) is 0 Å². The van der Waals surface area contributed by atoms with E-state index in [-0.39, 0.29) is 5.78 Å². The molecule has 1 nitrogen and oxygen atoms in total. The van der Waals surface area contributed by atoms with Crippen LogP contribution in [-0.2, 0) is 0 Å². The summed E-state index contributed by atoms with van der Waals surface area (Å²) in [6, 6.07) is 28.4. The summed E-state index contributed by atoms with van der Waals surface area (Å²) in [6.45, 7) is 1.59. The van der Waals surface area contributed by atoms with Crippen LogP contribution in [0.4, 0.5) is 0 Å². The molecule has 0 heterocycles. The average Bonchev–Trinajstić information content (AvgIpc) is 2.61. The minimum atomic E-state index is 0.0878. The molecule has 0 aliphatic heterocycles. The van der Waals surface area contributed by atoms with Gasteiger partial charge in [0.05, 0.1) is 0 Å². The minimum Gasteiger partial charge on any atom is -0.295 e. The monoisotopic (exact) mass is 298 g/mol. The molecular formula is C22H18O. The van der Waals surface area contributed by atoms with Gasteiger partial charge in [-0.2, -0.15) is 0 Å². The minimum absolute atomic E-state index is 0.0878. The van der Waals surface area contributed by atoms with Gasteiger partial charge in [0.2, 0.25) is 0 Å². The van der Waals surface area contributed by atoms with E-state index in [2.05, 4.69) is 30.3 Å². The number of Topliss-reactive ketones (excluding diaryl/α,β-unsaturated/α-hetero) is 1. The van der Waals surface area contributed by atoms with Crippen LogP contribution in [-0.4, -0.2) is 5.78 Å². The first-order valence-electron chi connectivity index (χ1n) is 7.67. The van der Waals surface area contributed by atoms with Gasteiger partial charge in [0.1, 0.15) is 0 Å². The summed E-state index contributed by atoms with van der Waals surface area (Å²) in [6.07, 6.45) is 2.18. The zero-order valence-corrected chi connectivity index (χ0v) is 13.1. The summed E-state index contributed by atoms with van der Waals surface area (Å²) < 4.78 is 0. The van der Waals surface area contributed by atoms with Crippen LogP contribution in [0.1, 0.15) is 34.0 Å². The van der Waals surface area contributed by atoms with Crippen LogP contribution in [0.2, 0.25) is 0 Å². The van der Waals surface area contributed by atoms with Crippen molar-refractivity contribution in [3.63, 3.8) is 0 Å². The Morgan fingerprint density at radius 2 is 1.13 bits per heavy atom. The Balaban J connectivity index is 2.09. The lowest BCUT2D eigenvalue weighted by Gasteiger charge is -2.10. The number of rotatable bonds is 4. The summed E-state index contributed by atoms with van der Waals surface area (Å²) in [5.74, 6) is 0.0878. The molecule has 0 radical (unpaired) electrons. The zero-order valence-electron chi connectivity index (χ0n) is 13.1. The number of carbonyl (C=O) groups is 1. The summed E-state index contributed by atoms with van der Waals surface area (Å²) in [5.41, 5.74) is 5.30. The quantitative estimate of drug-likeness (QED) is 0.460. The normalized spacial score (nSPS) is 11.3. The van der Waals surface area contributed by atoms with E-state index in [0.717, 1.165) is 27.8 Å². The van der Waals surface area contributed by atoms with Crippen LogP contribution in [0.25, 0.3) is 11.6 Å². The topological polar surface area (TPSA) is 17.1 Å². The van der Waals surface area contributed by atoms with Gasteiger partial charge in [0.15, 0.2) is 5.78 Å². The van der Waals surface area contributed by atoms with Crippen LogP contribution >= 0.6 is 0 Å². The summed E-state index contributed by atoms with van der Waals surface area (Å²) in [4.78, 5) is 11.5. The van der Waals surface area contributed by atoms with E-state index in [1.807, 2.05) is 60.7 Å². The van der Waals surface area contributed by atoms with Crippen molar-refractivity contribution in [2.45, 2.75) is 6.92 Å². The fourth-order valence-corrected chi connectivity index (χ4v) is 2.55. The van der Waals surface area contributed by atoms with Crippen molar-refractivity contribution in [1.82, 2.24) is 0 Å². The standard InChI is InChI=1S/C22H18O/c1-17(23)19-12-14-21(15-13-19)22(20-10-6-3-7-11-20)16-18-8-4-2-5-9-18/h2-16H,1H3/b22-16+.